The topological polar surface area (TPSA) is 52.0 Å². The highest BCUT2D eigenvalue weighted by Crippen LogP contribution is 2.29. The zero-order chi connectivity index (χ0) is 13.4. The smallest absolute Gasteiger partial charge is 0.174 e. The minimum atomic E-state index is -0.209. The molecule has 0 spiro atoms. The van der Waals surface area contributed by atoms with E-state index in [1.165, 1.54) is 0 Å². The number of hydrogen-bond donors (Lipinski definition) is 1. The second kappa shape index (κ2) is 4.79. The van der Waals surface area contributed by atoms with Gasteiger partial charge in [-0.3, -0.25) is 4.98 Å². The van der Waals surface area contributed by atoms with Crippen LogP contribution >= 0.6 is 15.9 Å². The van der Waals surface area contributed by atoms with Crippen LogP contribution in [0.5, 0.6) is 0 Å². The normalized spacial score (nSPS) is 12.8. The van der Waals surface area contributed by atoms with Gasteiger partial charge in [-0.15, -0.1) is 0 Å². The molecule has 4 heteroatoms. The standard InChI is InChI=1S/C15H13BrN2O/c1-9-2-3-10-8-11(4-5-13(10)18-9)14(17)12-6-7-19-15(12)16/h2-8,14H,17H2,1H3. The van der Waals surface area contributed by atoms with Crippen molar-refractivity contribution in [2.45, 2.75) is 13.0 Å². The van der Waals surface area contributed by atoms with Gasteiger partial charge >= 0.3 is 0 Å². The number of aromatic nitrogens is 1. The van der Waals surface area contributed by atoms with Crippen molar-refractivity contribution in [2.75, 3.05) is 0 Å². The van der Waals surface area contributed by atoms with Gasteiger partial charge in [0.1, 0.15) is 0 Å². The molecule has 0 aliphatic rings. The molecule has 96 valence electrons. The highest BCUT2D eigenvalue weighted by molar-refractivity contribution is 9.10. The summed E-state index contributed by atoms with van der Waals surface area (Å²) in [6.07, 6.45) is 1.63. The first-order chi connectivity index (χ1) is 9.15. The third kappa shape index (κ3) is 2.29. The molecule has 3 rings (SSSR count). The largest absolute Gasteiger partial charge is 0.457 e. The average molecular weight is 317 g/mol. The summed E-state index contributed by atoms with van der Waals surface area (Å²) in [6, 6.07) is 11.8. The molecule has 0 saturated heterocycles. The first-order valence-corrected chi connectivity index (χ1v) is 6.80. The molecular weight excluding hydrogens is 304 g/mol. The zero-order valence-corrected chi connectivity index (χ0v) is 12.0. The number of nitrogens with two attached hydrogens (primary N) is 1. The minimum Gasteiger partial charge on any atom is -0.457 e. The van der Waals surface area contributed by atoms with E-state index in [1.807, 2.05) is 31.2 Å². The van der Waals surface area contributed by atoms with Crippen LogP contribution in [0.4, 0.5) is 0 Å². The van der Waals surface area contributed by atoms with Gasteiger partial charge in [0, 0.05) is 16.6 Å². The minimum absolute atomic E-state index is 0.209. The Labute approximate surface area is 119 Å². The maximum atomic E-state index is 6.27. The third-order valence-corrected chi connectivity index (χ3v) is 3.84. The monoisotopic (exact) mass is 316 g/mol. The van der Waals surface area contributed by atoms with E-state index in [2.05, 4.69) is 33.0 Å². The van der Waals surface area contributed by atoms with Gasteiger partial charge in [0.15, 0.2) is 4.67 Å². The Hall–Kier alpha value is -1.65. The molecule has 0 amide bonds. The molecule has 3 aromatic rings. The van der Waals surface area contributed by atoms with E-state index in [0.29, 0.717) is 4.67 Å². The number of hydrogen-bond acceptors (Lipinski definition) is 3. The van der Waals surface area contributed by atoms with Crippen molar-refractivity contribution in [1.82, 2.24) is 4.98 Å². The van der Waals surface area contributed by atoms with Crippen LogP contribution in [0.1, 0.15) is 22.9 Å². The Morgan fingerprint density at radius 1 is 1.21 bits per heavy atom. The molecule has 19 heavy (non-hydrogen) atoms. The molecule has 3 nitrogen and oxygen atoms in total. The van der Waals surface area contributed by atoms with Crippen LogP contribution < -0.4 is 5.73 Å². The molecule has 0 aliphatic heterocycles. The van der Waals surface area contributed by atoms with E-state index in [4.69, 9.17) is 10.2 Å². The second-order valence-electron chi connectivity index (χ2n) is 4.53. The lowest BCUT2D eigenvalue weighted by Crippen LogP contribution is -2.11. The van der Waals surface area contributed by atoms with Crippen LogP contribution in [-0.2, 0) is 0 Å². The molecule has 2 N–H and O–H groups in total. The van der Waals surface area contributed by atoms with Crippen LogP contribution in [0.15, 0.2) is 51.7 Å². The van der Waals surface area contributed by atoms with Crippen molar-refractivity contribution >= 4 is 26.8 Å². The number of rotatable bonds is 2. The Morgan fingerprint density at radius 2 is 2.05 bits per heavy atom. The summed E-state index contributed by atoms with van der Waals surface area (Å²) in [6.45, 7) is 1.99. The molecule has 0 bridgehead atoms. The summed E-state index contributed by atoms with van der Waals surface area (Å²) in [5.74, 6) is 0. The van der Waals surface area contributed by atoms with Gasteiger partial charge in [-0.25, -0.2) is 0 Å². The van der Waals surface area contributed by atoms with E-state index in [9.17, 15) is 0 Å². The maximum Gasteiger partial charge on any atom is 0.174 e. The van der Waals surface area contributed by atoms with Crippen molar-refractivity contribution in [1.29, 1.82) is 0 Å². The highest BCUT2D eigenvalue weighted by Gasteiger charge is 2.14. The fourth-order valence-electron chi connectivity index (χ4n) is 2.15. The van der Waals surface area contributed by atoms with Gasteiger partial charge in [-0.2, -0.15) is 0 Å². The SMILES string of the molecule is Cc1ccc2cc(C(N)c3ccoc3Br)ccc2n1. The van der Waals surface area contributed by atoms with E-state index in [1.54, 1.807) is 6.26 Å². The first kappa shape index (κ1) is 12.4. The number of pyridine rings is 1. The van der Waals surface area contributed by atoms with E-state index in [0.717, 1.165) is 27.7 Å². The number of nitrogens with zero attached hydrogens (tertiary/aromatic N) is 1. The predicted molar refractivity (Wildman–Crippen MR) is 78.9 cm³/mol. The van der Waals surface area contributed by atoms with Crippen molar-refractivity contribution < 1.29 is 4.42 Å². The van der Waals surface area contributed by atoms with E-state index >= 15 is 0 Å². The van der Waals surface area contributed by atoms with Gasteiger partial charge < -0.3 is 10.2 Å². The summed E-state index contributed by atoms with van der Waals surface area (Å²) in [5, 5.41) is 1.10. The van der Waals surface area contributed by atoms with Gasteiger partial charge in [0.05, 0.1) is 17.8 Å². The van der Waals surface area contributed by atoms with Crippen molar-refractivity contribution in [3.8, 4) is 0 Å². The van der Waals surface area contributed by atoms with Gasteiger partial charge in [0.2, 0.25) is 0 Å². The van der Waals surface area contributed by atoms with Crippen LogP contribution in [0.2, 0.25) is 0 Å². The number of fused-ring (bicyclic) bond motifs is 1. The summed E-state index contributed by atoms with van der Waals surface area (Å²) in [5.41, 5.74) is 10.3. The molecule has 1 atom stereocenters. The molecule has 0 saturated carbocycles. The number of aryl methyl sites for hydroxylation is 1. The summed E-state index contributed by atoms with van der Waals surface area (Å²) in [4.78, 5) is 4.49. The Morgan fingerprint density at radius 3 is 2.79 bits per heavy atom. The predicted octanol–water partition coefficient (Wildman–Crippen LogP) is 3.95. The Kier molecular flexibility index (Phi) is 3.12. The van der Waals surface area contributed by atoms with Gasteiger partial charge in [0.25, 0.3) is 0 Å². The van der Waals surface area contributed by atoms with Crippen molar-refractivity contribution in [3.05, 3.63) is 64.2 Å². The lowest BCUT2D eigenvalue weighted by molar-refractivity contribution is 0.535. The lowest BCUT2D eigenvalue weighted by atomic mass is 10.0. The van der Waals surface area contributed by atoms with Crippen LogP contribution in [0.25, 0.3) is 10.9 Å². The molecule has 0 aliphatic carbocycles. The first-order valence-electron chi connectivity index (χ1n) is 6.01. The number of benzene rings is 1. The van der Waals surface area contributed by atoms with Gasteiger partial charge in [-0.05, 0) is 52.7 Å². The highest BCUT2D eigenvalue weighted by atomic mass is 79.9. The molecule has 0 fully saturated rings. The van der Waals surface area contributed by atoms with E-state index in [-0.39, 0.29) is 6.04 Å². The summed E-state index contributed by atoms with van der Waals surface area (Å²) >= 11 is 3.36. The second-order valence-corrected chi connectivity index (χ2v) is 5.25. The van der Waals surface area contributed by atoms with E-state index < -0.39 is 0 Å². The quantitative estimate of drug-likeness (QED) is 0.779. The number of furan rings is 1. The fraction of sp³-hybridized carbons (Fsp3) is 0.133. The fourth-order valence-corrected chi connectivity index (χ4v) is 2.63. The number of halogens is 1. The molecule has 2 aromatic heterocycles. The molecular formula is C15H13BrN2O. The van der Waals surface area contributed by atoms with Crippen molar-refractivity contribution in [2.24, 2.45) is 5.73 Å². The lowest BCUT2D eigenvalue weighted by Gasteiger charge is -2.11. The summed E-state index contributed by atoms with van der Waals surface area (Å²) < 4.78 is 5.92. The maximum absolute atomic E-state index is 6.27. The Bertz CT molecular complexity index is 736. The molecule has 1 unspecified atom stereocenters. The average Bonchev–Trinajstić information content (AvgIpc) is 2.83. The third-order valence-electron chi connectivity index (χ3n) is 3.19. The van der Waals surface area contributed by atoms with Crippen molar-refractivity contribution in [3.63, 3.8) is 0 Å². The van der Waals surface area contributed by atoms with Crippen LogP contribution in [0, 0.1) is 6.92 Å². The van der Waals surface area contributed by atoms with Crippen LogP contribution in [0.3, 0.4) is 0 Å². The molecule has 0 radical (unpaired) electrons. The summed E-state index contributed by atoms with van der Waals surface area (Å²) in [7, 11) is 0. The molecule has 2 heterocycles. The van der Waals surface area contributed by atoms with Gasteiger partial charge in [-0.1, -0.05) is 12.1 Å². The van der Waals surface area contributed by atoms with Crippen LogP contribution in [-0.4, -0.2) is 4.98 Å². The molecule has 1 aromatic carbocycles. The Balaban J connectivity index is 2.06. The zero-order valence-electron chi connectivity index (χ0n) is 10.4.